The molecule has 1 aliphatic heterocycles. The minimum atomic E-state index is -0.454. The highest BCUT2D eigenvalue weighted by molar-refractivity contribution is 9.10. The van der Waals surface area contributed by atoms with Gasteiger partial charge in [0.2, 0.25) is 0 Å². The number of amides is 1. The molecule has 6 heteroatoms. The number of hydrogen-bond donors (Lipinski definition) is 0. The zero-order valence-electron chi connectivity index (χ0n) is 17.0. The van der Waals surface area contributed by atoms with Crippen LogP contribution in [0.15, 0.2) is 22.7 Å². The lowest BCUT2D eigenvalue weighted by atomic mass is 10.1. The van der Waals surface area contributed by atoms with Gasteiger partial charge in [-0.3, -0.25) is 9.80 Å². The average Bonchev–Trinajstić information content (AvgIpc) is 3.27. The number of nitrogens with zero attached hydrogens (tertiary/aromatic N) is 2. The lowest BCUT2D eigenvalue weighted by Crippen LogP contribution is -2.57. The SMILES string of the molecule is CC(C)Oc1cc(Br)ccc1CN1CCN(C(=O)OC(C)(C)C)C2(CC2)C1. The molecule has 1 spiro atoms. The molecule has 1 aromatic rings. The van der Waals surface area contributed by atoms with Crippen LogP contribution in [0.25, 0.3) is 0 Å². The summed E-state index contributed by atoms with van der Waals surface area (Å²) in [6.07, 6.45) is 2.07. The smallest absolute Gasteiger partial charge is 0.410 e. The maximum atomic E-state index is 12.6. The molecule has 27 heavy (non-hydrogen) atoms. The van der Waals surface area contributed by atoms with Gasteiger partial charge < -0.3 is 9.47 Å². The van der Waals surface area contributed by atoms with Crippen molar-refractivity contribution >= 4 is 22.0 Å². The van der Waals surface area contributed by atoms with Gasteiger partial charge in [0.05, 0.1) is 11.6 Å². The number of rotatable bonds is 4. The predicted molar refractivity (Wildman–Crippen MR) is 110 cm³/mol. The summed E-state index contributed by atoms with van der Waals surface area (Å²) < 4.78 is 12.7. The zero-order valence-corrected chi connectivity index (χ0v) is 18.6. The standard InChI is InChI=1S/C21H31BrN2O3/c1-15(2)26-18-12-17(22)7-6-16(18)13-23-10-11-24(21(14-23)8-9-21)19(25)27-20(3,4)5/h6-7,12,15H,8-11,13-14H2,1-5H3. The van der Waals surface area contributed by atoms with Gasteiger partial charge in [-0.2, -0.15) is 0 Å². The van der Waals surface area contributed by atoms with Gasteiger partial charge in [0.1, 0.15) is 11.4 Å². The summed E-state index contributed by atoms with van der Waals surface area (Å²) >= 11 is 3.54. The number of carbonyl (C=O) groups excluding carboxylic acids is 1. The van der Waals surface area contributed by atoms with E-state index >= 15 is 0 Å². The molecule has 2 fully saturated rings. The van der Waals surface area contributed by atoms with Crippen LogP contribution in [0.3, 0.4) is 0 Å². The Bertz CT molecular complexity index is 695. The molecule has 0 atom stereocenters. The fraction of sp³-hybridized carbons (Fsp3) is 0.667. The van der Waals surface area contributed by atoms with Gasteiger partial charge in [-0.05, 0) is 59.6 Å². The molecule has 0 bridgehead atoms. The van der Waals surface area contributed by atoms with Gasteiger partial charge in [-0.1, -0.05) is 22.0 Å². The highest BCUT2D eigenvalue weighted by Crippen LogP contribution is 2.45. The number of halogens is 1. The Labute approximate surface area is 171 Å². The first-order valence-electron chi connectivity index (χ1n) is 9.76. The van der Waals surface area contributed by atoms with Crippen LogP contribution in [-0.2, 0) is 11.3 Å². The molecule has 1 saturated carbocycles. The van der Waals surface area contributed by atoms with Gasteiger partial charge in [-0.25, -0.2) is 4.79 Å². The van der Waals surface area contributed by atoms with Crippen LogP contribution in [0.4, 0.5) is 4.79 Å². The third kappa shape index (κ3) is 5.17. The van der Waals surface area contributed by atoms with Crippen LogP contribution in [0.5, 0.6) is 5.75 Å². The van der Waals surface area contributed by atoms with E-state index in [1.807, 2.05) is 45.6 Å². The topological polar surface area (TPSA) is 42.0 Å². The number of carbonyl (C=O) groups is 1. The Hall–Kier alpha value is -1.27. The van der Waals surface area contributed by atoms with Crippen LogP contribution in [0.1, 0.15) is 53.0 Å². The molecule has 3 rings (SSSR count). The van der Waals surface area contributed by atoms with Crippen molar-refractivity contribution in [3.63, 3.8) is 0 Å². The molecule has 2 aliphatic rings. The molecule has 1 aliphatic carbocycles. The molecule has 0 radical (unpaired) electrons. The molecule has 1 amide bonds. The lowest BCUT2D eigenvalue weighted by Gasteiger charge is -2.42. The predicted octanol–water partition coefficient (Wildman–Crippen LogP) is 4.82. The second-order valence-corrected chi connectivity index (χ2v) is 9.90. The Morgan fingerprint density at radius 3 is 2.56 bits per heavy atom. The first kappa shape index (κ1) is 20.5. The van der Waals surface area contributed by atoms with Gasteiger partial charge in [0.15, 0.2) is 0 Å². The summed E-state index contributed by atoms with van der Waals surface area (Å²) in [6, 6.07) is 6.23. The van der Waals surface area contributed by atoms with Crippen LogP contribution in [0, 0.1) is 0 Å². The fourth-order valence-electron chi connectivity index (χ4n) is 3.63. The quantitative estimate of drug-likeness (QED) is 0.675. The molecule has 1 saturated heterocycles. The van der Waals surface area contributed by atoms with Crippen molar-refractivity contribution in [2.75, 3.05) is 19.6 Å². The van der Waals surface area contributed by atoms with Crippen LogP contribution >= 0.6 is 15.9 Å². The minimum absolute atomic E-state index is 0.0466. The van der Waals surface area contributed by atoms with Crippen molar-refractivity contribution in [2.24, 2.45) is 0 Å². The molecule has 150 valence electrons. The molecule has 0 aromatic heterocycles. The highest BCUT2D eigenvalue weighted by atomic mass is 79.9. The molecular weight excluding hydrogens is 408 g/mol. The Kier molecular flexibility index (Phi) is 5.78. The summed E-state index contributed by atoms with van der Waals surface area (Å²) in [4.78, 5) is 17.0. The monoisotopic (exact) mass is 438 g/mol. The Morgan fingerprint density at radius 1 is 1.26 bits per heavy atom. The number of hydrogen-bond acceptors (Lipinski definition) is 4. The van der Waals surface area contributed by atoms with Gasteiger partial charge in [0.25, 0.3) is 0 Å². The van der Waals surface area contributed by atoms with Crippen molar-refractivity contribution in [3.05, 3.63) is 28.2 Å². The lowest BCUT2D eigenvalue weighted by molar-refractivity contribution is -0.00823. The van der Waals surface area contributed by atoms with E-state index in [0.717, 1.165) is 42.7 Å². The number of piperazine rings is 1. The van der Waals surface area contributed by atoms with Crippen molar-refractivity contribution in [2.45, 2.75) is 71.2 Å². The normalized spacial score (nSPS) is 19.4. The van der Waals surface area contributed by atoms with E-state index < -0.39 is 5.60 Å². The minimum Gasteiger partial charge on any atom is -0.491 e. The Morgan fingerprint density at radius 2 is 1.96 bits per heavy atom. The van der Waals surface area contributed by atoms with Crippen molar-refractivity contribution in [1.29, 1.82) is 0 Å². The van der Waals surface area contributed by atoms with E-state index in [1.54, 1.807) is 0 Å². The van der Waals surface area contributed by atoms with Crippen LogP contribution in [0.2, 0.25) is 0 Å². The maximum absolute atomic E-state index is 12.6. The van der Waals surface area contributed by atoms with Gasteiger partial charge in [-0.15, -0.1) is 0 Å². The summed E-state index contributed by atoms with van der Waals surface area (Å²) in [5.74, 6) is 0.929. The van der Waals surface area contributed by atoms with E-state index in [4.69, 9.17) is 9.47 Å². The third-order valence-electron chi connectivity index (χ3n) is 4.96. The van der Waals surface area contributed by atoms with Gasteiger partial charge >= 0.3 is 6.09 Å². The molecule has 0 unspecified atom stereocenters. The highest BCUT2D eigenvalue weighted by Gasteiger charge is 2.54. The Balaban J connectivity index is 1.68. The van der Waals surface area contributed by atoms with E-state index in [9.17, 15) is 4.79 Å². The van der Waals surface area contributed by atoms with E-state index in [0.29, 0.717) is 6.54 Å². The summed E-state index contributed by atoms with van der Waals surface area (Å²) in [7, 11) is 0. The van der Waals surface area contributed by atoms with Crippen LogP contribution < -0.4 is 4.74 Å². The molecule has 5 nitrogen and oxygen atoms in total. The van der Waals surface area contributed by atoms with E-state index in [-0.39, 0.29) is 17.7 Å². The summed E-state index contributed by atoms with van der Waals surface area (Å²) in [6.45, 7) is 13.1. The largest absolute Gasteiger partial charge is 0.491 e. The first-order valence-corrected chi connectivity index (χ1v) is 10.6. The molecular formula is C21H31BrN2O3. The van der Waals surface area contributed by atoms with E-state index in [1.165, 1.54) is 5.56 Å². The summed E-state index contributed by atoms with van der Waals surface area (Å²) in [5, 5.41) is 0. The maximum Gasteiger partial charge on any atom is 0.410 e. The molecule has 1 aromatic carbocycles. The zero-order chi connectivity index (χ0) is 19.8. The van der Waals surface area contributed by atoms with Gasteiger partial charge in [0, 0.05) is 36.2 Å². The number of ether oxygens (including phenoxy) is 2. The molecule has 1 heterocycles. The summed E-state index contributed by atoms with van der Waals surface area (Å²) in [5.41, 5.74) is 0.688. The van der Waals surface area contributed by atoms with Crippen molar-refractivity contribution in [3.8, 4) is 5.75 Å². The number of benzene rings is 1. The first-order chi connectivity index (χ1) is 12.6. The molecule has 0 N–H and O–H groups in total. The average molecular weight is 439 g/mol. The van der Waals surface area contributed by atoms with Crippen molar-refractivity contribution in [1.82, 2.24) is 9.80 Å². The van der Waals surface area contributed by atoms with Crippen molar-refractivity contribution < 1.29 is 14.3 Å². The third-order valence-corrected chi connectivity index (χ3v) is 5.45. The van der Waals surface area contributed by atoms with E-state index in [2.05, 4.69) is 33.0 Å². The second-order valence-electron chi connectivity index (χ2n) is 8.99. The fourth-order valence-corrected chi connectivity index (χ4v) is 3.97. The second kappa shape index (κ2) is 7.63. The van der Waals surface area contributed by atoms with Crippen LogP contribution in [-0.4, -0.2) is 52.8 Å².